The van der Waals surface area contributed by atoms with Crippen molar-refractivity contribution < 1.29 is 13.2 Å². The summed E-state index contributed by atoms with van der Waals surface area (Å²) in [6.45, 7) is 1.45. The number of carbonyl (C=O) groups excluding carboxylic acids is 1. The highest BCUT2D eigenvalue weighted by Crippen LogP contribution is 2.25. The number of ketones is 1. The van der Waals surface area contributed by atoms with Gasteiger partial charge in [-0.25, -0.2) is 18.1 Å². The molecule has 0 bridgehead atoms. The second kappa shape index (κ2) is 6.57. The van der Waals surface area contributed by atoms with Gasteiger partial charge in [0.05, 0.1) is 29.8 Å². The van der Waals surface area contributed by atoms with Gasteiger partial charge in [-0.05, 0) is 25.1 Å². The highest BCUT2D eigenvalue weighted by molar-refractivity contribution is 7.92. The molecule has 10 heteroatoms. The zero-order valence-corrected chi connectivity index (χ0v) is 15.9. The fraction of sp³-hybridized carbons (Fsp3) is 0.111. The zero-order valence-electron chi connectivity index (χ0n) is 15.1. The van der Waals surface area contributed by atoms with Crippen LogP contribution in [-0.2, 0) is 17.1 Å². The van der Waals surface area contributed by atoms with Crippen LogP contribution in [0.5, 0.6) is 0 Å². The van der Waals surface area contributed by atoms with Gasteiger partial charge in [-0.3, -0.25) is 14.2 Å². The van der Waals surface area contributed by atoms with Crippen LogP contribution in [-0.4, -0.2) is 38.7 Å². The van der Waals surface area contributed by atoms with Crippen LogP contribution >= 0.6 is 0 Å². The molecule has 0 radical (unpaired) electrons. The van der Waals surface area contributed by atoms with E-state index >= 15 is 0 Å². The van der Waals surface area contributed by atoms with Crippen molar-refractivity contribution in [3.8, 4) is 5.82 Å². The van der Waals surface area contributed by atoms with E-state index in [1.807, 2.05) is 6.07 Å². The number of benzene rings is 1. The Morgan fingerprint density at radius 3 is 2.75 bits per heavy atom. The van der Waals surface area contributed by atoms with E-state index in [9.17, 15) is 13.2 Å². The van der Waals surface area contributed by atoms with Crippen molar-refractivity contribution in [1.82, 2.24) is 24.5 Å². The molecule has 142 valence electrons. The molecule has 9 nitrogen and oxygen atoms in total. The maximum absolute atomic E-state index is 12.8. The molecule has 0 atom stereocenters. The average molecular weight is 396 g/mol. The van der Waals surface area contributed by atoms with E-state index in [1.54, 1.807) is 42.2 Å². The molecule has 0 saturated carbocycles. The number of hydrogen-bond acceptors (Lipinski definition) is 6. The Hall–Kier alpha value is -3.53. The lowest BCUT2D eigenvalue weighted by molar-refractivity contribution is 0.101. The largest absolute Gasteiger partial charge is 0.295 e. The Morgan fingerprint density at radius 1 is 1.14 bits per heavy atom. The monoisotopic (exact) mass is 396 g/mol. The Labute approximate surface area is 160 Å². The van der Waals surface area contributed by atoms with Crippen molar-refractivity contribution in [2.24, 2.45) is 7.05 Å². The second-order valence-corrected chi connectivity index (χ2v) is 7.88. The van der Waals surface area contributed by atoms with E-state index in [0.29, 0.717) is 22.6 Å². The highest BCUT2D eigenvalue weighted by atomic mass is 32.2. The molecule has 0 aliphatic carbocycles. The number of aromatic nitrogens is 5. The Bertz CT molecular complexity index is 1310. The molecule has 0 spiro atoms. The van der Waals surface area contributed by atoms with Gasteiger partial charge >= 0.3 is 0 Å². The predicted molar refractivity (Wildman–Crippen MR) is 103 cm³/mol. The van der Waals surface area contributed by atoms with Gasteiger partial charge < -0.3 is 0 Å². The van der Waals surface area contributed by atoms with Gasteiger partial charge in [0.2, 0.25) is 0 Å². The number of nitrogens with zero attached hydrogens (tertiary/aromatic N) is 5. The molecule has 3 aromatic heterocycles. The van der Waals surface area contributed by atoms with Crippen molar-refractivity contribution in [2.45, 2.75) is 11.8 Å². The number of nitrogens with one attached hydrogen (secondary N) is 1. The molecule has 4 rings (SSSR count). The lowest BCUT2D eigenvalue weighted by atomic mass is 10.2. The van der Waals surface area contributed by atoms with Crippen molar-refractivity contribution in [3.63, 3.8) is 0 Å². The Morgan fingerprint density at radius 2 is 1.96 bits per heavy atom. The Kier molecular flexibility index (Phi) is 4.19. The lowest BCUT2D eigenvalue weighted by Gasteiger charge is -2.08. The van der Waals surface area contributed by atoms with E-state index in [0.717, 1.165) is 5.39 Å². The quantitative estimate of drug-likeness (QED) is 0.518. The smallest absolute Gasteiger partial charge is 0.265 e. The normalized spacial score (nSPS) is 11.6. The van der Waals surface area contributed by atoms with E-state index in [-0.39, 0.29) is 10.7 Å². The number of carbonyl (C=O) groups is 1. The third kappa shape index (κ3) is 3.14. The number of Topliss-reactive ketones (excluding diaryl/α,β-unsaturated/α-hetero) is 1. The lowest BCUT2D eigenvalue weighted by Crippen LogP contribution is -2.13. The van der Waals surface area contributed by atoms with E-state index in [1.165, 1.54) is 30.2 Å². The summed E-state index contributed by atoms with van der Waals surface area (Å²) in [5, 5.41) is 9.05. The third-order valence-electron chi connectivity index (χ3n) is 4.26. The van der Waals surface area contributed by atoms with Crippen molar-refractivity contribution in [1.29, 1.82) is 0 Å². The van der Waals surface area contributed by atoms with Crippen LogP contribution < -0.4 is 4.72 Å². The minimum absolute atomic E-state index is 0.0262. The van der Waals surface area contributed by atoms with Gasteiger partial charge in [-0.2, -0.15) is 10.2 Å². The van der Waals surface area contributed by atoms with Gasteiger partial charge in [0.25, 0.3) is 10.0 Å². The first-order valence-electron chi connectivity index (χ1n) is 8.31. The second-order valence-electron chi connectivity index (χ2n) is 6.20. The zero-order chi connectivity index (χ0) is 19.9. The van der Waals surface area contributed by atoms with Crippen LogP contribution in [0.25, 0.3) is 16.7 Å². The molecule has 0 aliphatic rings. The molecular formula is C18H16N6O3S. The maximum Gasteiger partial charge on any atom is 0.265 e. The molecule has 0 amide bonds. The standard InChI is InChI=1S/C18H16N6O3S/c1-12(25)13-6-7-19-17(8-13)24-11-15(10-21-24)28(26,27)22-16-5-3-4-14-9-20-23(2)18(14)16/h3-11,22H,1-2H3. The van der Waals surface area contributed by atoms with Crippen LogP contribution in [0.4, 0.5) is 5.69 Å². The van der Waals surface area contributed by atoms with Gasteiger partial charge in [0.15, 0.2) is 11.6 Å². The summed E-state index contributed by atoms with van der Waals surface area (Å²) in [6, 6.07) is 8.41. The number of rotatable bonds is 5. The summed E-state index contributed by atoms with van der Waals surface area (Å²) >= 11 is 0. The summed E-state index contributed by atoms with van der Waals surface area (Å²) in [6.07, 6.45) is 5.72. The van der Waals surface area contributed by atoms with E-state index in [4.69, 9.17) is 0 Å². The number of fused-ring (bicyclic) bond motifs is 1. The number of pyridine rings is 1. The van der Waals surface area contributed by atoms with E-state index in [2.05, 4.69) is 19.9 Å². The molecule has 0 unspecified atom stereocenters. The molecule has 0 aliphatic heterocycles. The number of sulfonamides is 1. The van der Waals surface area contributed by atoms with Gasteiger partial charge in [0, 0.05) is 24.2 Å². The van der Waals surface area contributed by atoms with Gasteiger partial charge in [-0.15, -0.1) is 0 Å². The van der Waals surface area contributed by atoms with Crippen LogP contribution in [0.3, 0.4) is 0 Å². The minimum atomic E-state index is -3.88. The molecule has 1 aromatic carbocycles. The average Bonchev–Trinajstić information content (AvgIpc) is 3.30. The molecule has 0 saturated heterocycles. The summed E-state index contributed by atoms with van der Waals surface area (Å²) in [5.41, 5.74) is 1.56. The van der Waals surface area contributed by atoms with Crippen LogP contribution in [0.15, 0.2) is 60.0 Å². The SMILES string of the molecule is CC(=O)c1ccnc(-n2cc(S(=O)(=O)Nc3cccc4cnn(C)c34)cn2)c1. The van der Waals surface area contributed by atoms with Crippen LogP contribution in [0.2, 0.25) is 0 Å². The van der Waals surface area contributed by atoms with Crippen molar-refractivity contribution in [3.05, 3.63) is 60.7 Å². The summed E-state index contributed by atoms with van der Waals surface area (Å²) in [5.74, 6) is 0.234. The number of anilines is 1. The summed E-state index contributed by atoms with van der Waals surface area (Å²) in [4.78, 5) is 15.7. The molecular weight excluding hydrogens is 380 g/mol. The van der Waals surface area contributed by atoms with E-state index < -0.39 is 10.0 Å². The first-order chi connectivity index (χ1) is 13.3. The number of hydrogen-bond donors (Lipinski definition) is 1. The van der Waals surface area contributed by atoms with Crippen LogP contribution in [0, 0.1) is 0 Å². The Balaban J connectivity index is 1.68. The first-order valence-corrected chi connectivity index (χ1v) is 9.79. The highest BCUT2D eigenvalue weighted by Gasteiger charge is 2.19. The van der Waals surface area contributed by atoms with Crippen molar-refractivity contribution in [2.75, 3.05) is 4.72 Å². The fourth-order valence-corrected chi connectivity index (χ4v) is 3.85. The maximum atomic E-state index is 12.8. The number of para-hydroxylation sites is 1. The topological polar surface area (TPSA) is 112 Å². The van der Waals surface area contributed by atoms with Gasteiger partial charge in [-0.1, -0.05) is 12.1 Å². The fourth-order valence-electron chi connectivity index (χ4n) is 2.85. The minimum Gasteiger partial charge on any atom is -0.295 e. The first kappa shape index (κ1) is 17.9. The number of aryl methyl sites for hydroxylation is 1. The molecule has 0 fully saturated rings. The van der Waals surface area contributed by atoms with Gasteiger partial charge in [0.1, 0.15) is 4.90 Å². The molecule has 28 heavy (non-hydrogen) atoms. The molecule has 1 N–H and O–H groups in total. The molecule has 3 heterocycles. The third-order valence-corrected chi connectivity index (χ3v) is 5.58. The predicted octanol–water partition coefficient (Wildman–Crippen LogP) is 2.16. The molecule has 4 aromatic rings. The van der Waals surface area contributed by atoms with Crippen molar-refractivity contribution >= 4 is 32.4 Å². The van der Waals surface area contributed by atoms with Crippen LogP contribution in [0.1, 0.15) is 17.3 Å². The summed E-state index contributed by atoms with van der Waals surface area (Å²) < 4.78 is 31.2. The summed E-state index contributed by atoms with van der Waals surface area (Å²) in [7, 11) is -2.14.